The third kappa shape index (κ3) is 11.6. The van der Waals surface area contributed by atoms with Crippen molar-refractivity contribution in [2.45, 2.75) is 176 Å². The van der Waals surface area contributed by atoms with Crippen molar-refractivity contribution in [1.29, 1.82) is 0 Å². The van der Waals surface area contributed by atoms with Crippen LogP contribution in [0.2, 0.25) is 0 Å². The third-order valence-electron chi connectivity index (χ3n) is 8.99. The summed E-state index contributed by atoms with van der Waals surface area (Å²) in [6.45, 7) is 21.3. The zero-order valence-electron chi connectivity index (χ0n) is 30.1. The van der Waals surface area contributed by atoms with Crippen LogP contribution >= 0.6 is 8.16 Å². The van der Waals surface area contributed by atoms with Crippen molar-refractivity contribution in [3.8, 4) is 0 Å². The fraction of sp³-hybridized carbons (Fsp3) is 0.700. The molecule has 0 radical (unpaired) electrons. The van der Waals surface area contributed by atoms with Crippen molar-refractivity contribution >= 4 is 30.1 Å². The van der Waals surface area contributed by atoms with Gasteiger partial charge in [0.25, 0.3) is 0 Å². The van der Waals surface area contributed by atoms with Crippen LogP contribution in [0, 0.1) is 13.8 Å². The lowest BCUT2D eigenvalue weighted by atomic mass is 9.83. The SMILES string of the molecule is CCCCCCCCCCCCCCCCCCNp1oc2c(C(C)(C)C)cc(C)cc2c2cc(C)cc(C(C)(C)C)c2o1. The van der Waals surface area contributed by atoms with Gasteiger partial charge in [-0.05, 0) is 54.4 Å². The quantitative estimate of drug-likeness (QED) is 0.143. The highest BCUT2D eigenvalue weighted by molar-refractivity contribution is 7.38. The van der Waals surface area contributed by atoms with E-state index in [4.69, 9.17) is 8.39 Å². The summed E-state index contributed by atoms with van der Waals surface area (Å²) in [7, 11) is -1.31. The largest absolute Gasteiger partial charge is 0.408 e. The van der Waals surface area contributed by atoms with Crippen molar-refractivity contribution in [1.82, 2.24) is 0 Å². The van der Waals surface area contributed by atoms with E-state index in [0.29, 0.717) is 0 Å². The first-order valence-corrected chi connectivity index (χ1v) is 19.3. The number of benzene rings is 2. The number of fused-ring (bicyclic) bond motifs is 3. The van der Waals surface area contributed by atoms with Crippen molar-refractivity contribution in [2.24, 2.45) is 0 Å². The van der Waals surface area contributed by atoms with E-state index in [0.717, 1.165) is 34.9 Å². The highest BCUT2D eigenvalue weighted by Gasteiger charge is 2.24. The number of nitrogens with one attached hydrogen (secondary N) is 1. The summed E-state index contributed by atoms with van der Waals surface area (Å²) >= 11 is 0. The molecule has 3 nitrogen and oxygen atoms in total. The summed E-state index contributed by atoms with van der Waals surface area (Å²) in [6.07, 6.45) is 22.2. The second-order valence-electron chi connectivity index (χ2n) is 15.5. The molecule has 0 saturated carbocycles. The molecule has 0 unspecified atom stereocenters. The number of rotatable bonds is 18. The minimum absolute atomic E-state index is 0.0355. The summed E-state index contributed by atoms with van der Waals surface area (Å²) in [5.74, 6) is 0. The van der Waals surface area contributed by atoms with Crippen molar-refractivity contribution in [2.75, 3.05) is 11.6 Å². The zero-order valence-corrected chi connectivity index (χ0v) is 31.0. The van der Waals surface area contributed by atoms with Gasteiger partial charge >= 0.3 is 8.16 Å². The van der Waals surface area contributed by atoms with E-state index in [1.807, 2.05) is 0 Å². The Bertz CT molecular complexity index is 1240. The number of aryl methyl sites for hydroxylation is 2. The van der Waals surface area contributed by atoms with Crippen LogP contribution in [0.25, 0.3) is 21.9 Å². The van der Waals surface area contributed by atoms with Gasteiger partial charge in [-0.3, -0.25) is 0 Å². The Labute approximate surface area is 272 Å². The van der Waals surface area contributed by atoms with E-state index < -0.39 is 8.16 Å². The molecule has 1 heterocycles. The Hall–Kier alpha value is -1.70. The van der Waals surface area contributed by atoms with Crippen LogP contribution in [0.3, 0.4) is 0 Å². The number of unbranched alkanes of at least 4 members (excludes halogenated alkanes) is 15. The Kier molecular flexibility index (Phi) is 14.9. The van der Waals surface area contributed by atoms with Gasteiger partial charge in [0.1, 0.15) is 11.2 Å². The molecule has 0 aliphatic heterocycles. The average Bonchev–Trinajstić information content (AvgIpc) is 3.09. The first-order chi connectivity index (χ1) is 20.9. The lowest BCUT2D eigenvalue weighted by Gasteiger charge is -2.21. The fourth-order valence-electron chi connectivity index (χ4n) is 6.35. The second-order valence-corrected chi connectivity index (χ2v) is 16.7. The average molecular weight is 624 g/mol. The lowest BCUT2D eigenvalue weighted by Crippen LogP contribution is -2.12. The summed E-state index contributed by atoms with van der Waals surface area (Å²) in [4.78, 5) is 0. The van der Waals surface area contributed by atoms with Gasteiger partial charge in [-0.25, -0.2) is 5.09 Å². The standard InChI is InChI=1S/C40H66NO2P/c1-10-11-12-13-14-15-16-17-18-19-20-21-22-23-24-25-26-41-44-42-37-33(27-31(2)29-35(37)39(4,5)6)34-28-32(3)30-36(38(34)43-44)40(7,8)9/h27-30,41H,10-26H2,1-9H3. The lowest BCUT2D eigenvalue weighted by molar-refractivity contribution is 0.530. The molecule has 248 valence electrons. The highest BCUT2D eigenvalue weighted by atomic mass is 31.1. The van der Waals surface area contributed by atoms with Crippen LogP contribution in [0.15, 0.2) is 32.7 Å². The number of hydrogen-bond donors (Lipinski definition) is 1. The molecule has 44 heavy (non-hydrogen) atoms. The Morgan fingerprint density at radius 3 is 1.20 bits per heavy atom. The van der Waals surface area contributed by atoms with Crippen molar-refractivity contribution < 1.29 is 8.39 Å². The van der Waals surface area contributed by atoms with E-state index in [2.05, 4.69) is 91.7 Å². The van der Waals surface area contributed by atoms with Crippen LogP contribution in [0.4, 0.5) is 0 Å². The number of hydrogen-bond acceptors (Lipinski definition) is 3. The van der Waals surface area contributed by atoms with Crippen LogP contribution in [-0.2, 0) is 10.8 Å². The van der Waals surface area contributed by atoms with E-state index >= 15 is 0 Å². The molecule has 1 N–H and O–H groups in total. The van der Waals surface area contributed by atoms with Crippen LogP contribution in [-0.4, -0.2) is 6.54 Å². The molecule has 3 rings (SSSR count). The zero-order chi connectivity index (χ0) is 32.2. The maximum absolute atomic E-state index is 6.82. The smallest absolute Gasteiger partial charge is 0.306 e. The van der Waals surface area contributed by atoms with Gasteiger partial charge in [0.2, 0.25) is 0 Å². The van der Waals surface area contributed by atoms with Gasteiger partial charge in [-0.1, -0.05) is 157 Å². The van der Waals surface area contributed by atoms with Crippen molar-refractivity contribution in [3.63, 3.8) is 0 Å². The summed E-state index contributed by atoms with van der Waals surface area (Å²) in [5.41, 5.74) is 6.91. The second kappa shape index (κ2) is 17.9. The molecule has 0 atom stereocenters. The molecule has 1 aromatic heterocycles. The predicted molar refractivity (Wildman–Crippen MR) is 197 cm³/mol. The van der Waals surface area contributed by atoms with Gasteiger partial charge in [0.15, 0.2) is 0 Å². The molecular weight excluding hydrogens is 557 g/mol. The molecule has 2 aromatic carbocycles. The molecule has 0 saturated heterocycles. The van der Waals surface area contributed by atoms with Gasteiger partial charge in [-0.2, -0.15) is 0 Å². The maximum Gasteiger partial charge on any atom is 0.306 e. The van der Waals surface area contributed by atoms with E-state index in [1.165, 1.54) is 119 Å². The van der Waals surface area contributed by atoms with E-state index in [9.17, 15) is 0 Å². The highest BCUT2D eigenvalue weighted by Crippen LogP contribution is 2.42. The molecule has 0 bridgehead atoms. The maximum atomic E-state index is 6.82. The molecule has 0 aliphatic carbocycles. The molecular formula is C40H66NO2P. The van der Waals surface area contributed by atoms with E-state index in [1.54, 1.807) is 0 Å². The van der Waals surface area contributed by atoms with Gasteiger partial charge in [0, 0.05) is 28.4 Å². The van der Waals surface area contributed by atoms with Crippen molar-refractivity contribution in [3.05, 3.63) is 46.5 Å². The normalized spacial score (nSPS) is 12.5. The first kappa shape index (κ1) is 36.8. The molecule has 0 amide bonds. The topological polar surface area (TPSA) is 38.3 Å². The van der Waals surface area contributed by atoms with Crippen LogP contribution in [0.5, 0.6) is 0 Å². The van der Waals surface area contributed by atoms with Crippen LogP contribution in [0.1, 0.15) is 173 Å². The monoisotopic (exact) mass is 623 g/mol. The Morgan fingerprint density at radius 2 is 0.864 bits per heavy atom. The molecule has 0 fully saturated rings. The Balaban J connectivity index is 1.58. The minimum atomic E-state index is -1.31. The first-order valence-electron chi connectivity index (χ1n) is 18.1. The molecule has 3 aromatic rings. The van der Waals surface area contributed by atoms with Gasteiger partial charge in [-0.15, -0.1) is 0 Å². The summed E-state index contributed by atoms with van der Waals surface area (Å²) in [5, 5.41) is 6.02. The molecule has 4 heteroatoms. The molecule has 0 spiro atoms. The Morgan fingerprint density at radius 1 is 0.523 bits per heavy atom. The van der Waals surface area contributed by atoms with E-state index in [-0.39, 0.29) is 10.8 Å². The summed E-state index contributed by atoms with van der Waals surface area (Å²) < 4.78 is 13.6. The predicted octanol–water partition coefficient (Wildman–Crippen LogP) is 14.3. The fourth-order valence-corrected chi connectivity index (χ4v) is 7.58. The summed E-state index contributed by atoms with van der Waals surface area (Å²) in [6, 6.07) is 9.17. The van der Waals surface area contributed by atoms with Gasteiger partial charge < -0.3 is 8.39 Å². The third-order valence-corrected chi connectivity index (χ3v) is 10.2. The minimum Gasteiger partial charge on any atom is -0.408 e. The van der Waals surface area contributed by atoms with Crippen LogP contribution < -0.4 is 5.09 Å². The van der Waals surface area contributed by atoms with Gasteiger partial charge in [0.05, 0.1) is 0 Å². The molecule has 0 aliphatic rings.